The first-order chi connectivity index (χ1) is 8.09. The fraction of sp³-hybridized carbons (Fsp3) is 0.636. The summed E-state index contributed by atoms with van der Waals surface area (Å²) in [7, 11) is 1.80. The fourth-order valence-corrected chi connectivity index (χ4v) is 2.93. The Labute approximate surface area is 110 Å². The summed E-state index contributed by atoms with van der Waals surface area (Å²) in [4.78, 5) is 12.0. The third-order valence-electron chi connectivity index (χ3n) is 2.78. The van der Waals surface area contributed by atoms with Gasteiger partial charge in [-0.1, -0.05) is 11.6 Å². The van der Waals surface area contributed by atoms with Crippen molar-refractivity contribution >= 4 is 29.1 Å². The molecule has 0 N–H and O–H groups in total. The van der Waals surface area contributed by atoms with Crippen molar-refractivity contribution < 1.29 is 9.53 Å². The van der Waals surface area contributed by atoms with Crippen LogP contribution in [0.2, 0.25) is 5.02 Å². The molecule has 4 nitrogen and oxygen atoms in total. The number of rotatable bonds is 3. The van der Waals surface area contributed by atoms with Crippen molar-refractivity contribution in [1.29, 1.82) is 0 Å². The number of hydrogen-bond donors (Lipinski definition) is 0. The minimum Gasteiger partial charge on any atom is -0.369 e. The summed E-state index contributed by atoms with van der Waals surface area (Å²) in [6, 6.07) is 0. The molecule has 6 heteroatoms. The molecule has 0 radical (unpaired) electrons. The van der Waals surface area contributed by atoms with Crippen molar-refractivity contribution in [3.05, 3.63) is 16.4 Å². The van der Waals surface area contributed by atoms with Crippen LogP contribution in [0, 0.1) is 6.92 Å². The van der Waals surface area contributed by atoms with Gasteiger partial charge in [0, 0.05) is 18.6 Å². The number of nitrogens with zero attached hydrogens (tertiary/aromatic N) is 2. The van der Waals surface area contributed by atoms with Gasteiger partial charge < -0.3 is 4.74 Å². The molecule has 2 rings (SSSR count). The number of hydrogen-bond acceptors (Lipinski definition) is 4. The normalized spacial score (nSPS) is 20.5. The van der Waals surface area contributed by atoms with Crippen LogP contribution in [0.4, 0.5) is 0 Å². The lowest BCUT2D eigenvalue weighted by Crippen LogP contribution is -2.33. The number of carbonyl (C=O) groups is 1. The summed E-state index contributed by atoms with van der Waals surface area (Å²) in [5.74, 6) is 1.80. The zero-order valence-corrected chi connectivity index (χ0v) is 11.5. The van der Waals surface area contributed by atoms with E-state index in [-0.39, 0.29) is 11.9 Å². The lowest BCUT2D eigenvalue weighted by molar-refractivity contribution is -0.128. The highest BCUT2D eigenvalue weighted by molar-refractivity contribution is 7.99. The van der Waals surface area contributed by atoms with Crippen LogP contribution < -0.4 is 0 Å². The highest BCUT2D eigenvalue weighted by Gasteiger charge is 2.24. The van der Waals surface area contributed by atoms with Crippen LogP contribution in [0.15, 0.2) is 0 Å². The van der Waals surface area contributed by atoms with Gasteiger partial charge >= 0.3 is 0 Å². The molecule has 0 spiro atoms. The number of ketones is 1. The van der Waals surface area contributed by atoms with Gasteiger partial charge in [0.05, 0.1) is 29.4 Å². The van der Waals surface area contributed by atoms with Crippen LogP contribution in [0.3, 0.4) is 0 Å². The summed E-state index contributed by atoms with van der Waals surface area (Å²) >= 11 is 7.87. The Kier molecular flexibility index (Phi) is 4.12. The number of thioether (sulfide) groups is 1. The second-order valence-corrected chi connectivity index (χ2v) is 5.57. The van der Waals surface area contributed by atoms with Crippen molar-refractivity contribution in [2.75, 3.05) is 18.1 Å². The van der Waals surface area contributed by atoms with E-state index in [1.807, 2.05) is 6.92 Å². The Bertz CT molecular complexity index is 427. The number of aryl methyl sites for hydroxylation is 2. The third kappa shape index (κ3) is 2.84. The van der Waals surface area contributed by atoms with Crippen molar-refractivity contribution in [3.8, 4) is 0 Å². The van der Waals surface area contributed by atoms with Crippen molar-refractivity contribution in [2.45, 2.75) is 19.4 Å². The predicted octanol–water partition coefficient (Wildman–Crippen LogP) is 1.63. The van der Waals surface area contributed by atoms with Crippen molar-refractivity contribution in [2.24, 2.45) is 7.05 Å². The minimum absolute atomic E-state index is 0.0853. The molecule has 1 aromatic rings. The number of aromatic nitrogens is 2. The predicted molar refractivity (Wildman–Crippen MR) is 68.7 cm³/mol. The average Bonchev–Trinajstić information content (AvgIpc) is 2.57. The maximum absolute atomic E-state index is 12.0. The molecule has 0 bridgehead atoms. The summed E-state index contributed by atoms with van der Waals surface area (Å²) in [6.07, 6.45) is 0.00141. The second kappa shape index (κ2) is 5.42. The molecule has 0 amide bonds. The smallest absolute Gasteiger partial charge is 0.168 e. The molecule has 1 atom stereocenters. The van der Waals surface area contributed by atoms with E-state index in [9.17, 15) is 4.79 Å². The van der Waals surface area contributed by atoms with E-state index in [1.54, 1.807) is 23.5 Å². The first kappa shape index (κ1) is 12.9. The average molecular weight is 275 g/mol. The molecule has 1 unspecified atom stereocenters. The van der Waals surface area contributed by atoms with Gasteiger partial charge in [0.25, 0.3) is 0 Å². The Balaban J connectivity index is 2.07. The molecule has 1 saturated heterocycles. The van der Waals surface area contributed by atoms with E-state index in [0.717, 1.165) is 22.9 Å². The van der Waals surface area contributed by atoms with Gasteiger partial charge in [-0.05, 0) is 6.92 Å². The quantitative estimate of drug-likeness (QED) is 0.840. The fourth-order valence-electron chi connectivity index (χ4n) is 1.82. The molecule has 1 aromatic heterocycles. The first-order valence-electron chi connectivity index (χ1n) is 5.49. The van der Waals surface area contributed by atoms with Gasteiger partial charge in [0.15, 0.2) is 5.78 Å². The van der Waals surface area contributed by atoms with Crippen molar-refractivity contribution in [1.82, 2.24) is 9.78 Å². The van der Waals surface area contributed by atoms with Crippen LogP contribution in [0.5, 0.6) is 0 Å². The van der Waals surface area contributed by atoms with Gasteiger partial charge in [0.2, 0.25) is 0 Å². The van der Waals surface area contributed by atoms with Gasteiger partial charge in [-0.15, -0.1) is 0 Å². The molecular formula is C11H15ClN2O2S. The number of halogens is 1. The van der Waals surface area contributed by atoms with E-state index in [0.29, 0.717) is 18.1 Å². The van der Waals surface area contributed by atoms with Crippen LogP contribution >= 0.6 is 23.4 Å². The van der Waals surface area contributed by atoms with Crippen LogP contribution in [-0.4, -0.2) is 39.8 Å². The largest absolute Gasteiger partial charge is 0.369 e. The van der Waals surface area contributed by atoms with Gasteiger partial charge in [-0.3, -0.25) is 9.48 Å². The van der Waals surface area contributed by atoms with Crippen molar-refractivity contribution in [3.63, 3.8) is 0 Å². The summed E-state index contributed by atoms with van der Waals surface area (Å²) in [5, 5.41) is 4.78. The first-order valence-corrected chi connectivity index (χ1v) is 7.03. The van der Waals surface area contributed by atoms with E-state index in [4.69, 9.17) is 16.3 Å². The highest BCUT2D eigenvalue weighted by atomic mass is 35.5. The molecule has 1 aliphatic heterocycles. The lowest BCUT2D eigenvalue weighted by atomic mass is 10.1. The second-order valence-electron chi connectivity index (χ2n) is 4.05. The monoisotopic (exact) mass is 274 g/mol. The zero-order chi connectivity index (χ0) is 12.4. The molecule has 17 heavy (non-hydrogen) atoms. The van der Waals surface area contributed by atoms with Crippen LogP contribution in [0.25, 0.3) is 0 Å². The molecule has 2 heterocycles. The number of Topliss-reactive ketones (excluding diaryl/α,β-unsaturated/α-hetero) is 1. The number of carbonyl (C=O) groups excluding carboxylic acids is 1. The molecule has 1 aliphatic rings. The topological polar surface area (TPSA) is 44.1 Å². The standard InChI is InChI=1S/C11H15ClN2O2S/c1-7-11(12)8(14(2)13-7)5-9(15)10-6-17-4-3-16-10/h10H,3-6H2,1-2H3. The Morgan fingerprint density at radius 2 is 2.47 bits per heavy atom. The Morgan fingerprint density at radius 3 is 3.00 bits per heavy atom. The molecule has 1 fully saturated rings. The molecule has 94 valence electrons. The van der Waals surface area contributed by atoms with Crippen LogP contribution in [-0.2, 0) is 23.0 Å². The lowest BCUT2D eigenvalue weighted by Gasteiger charge is -2.21. The maximum Gasteiger partial charge on any atom is 0.168 e. The SMILES string of the molecule is Cc1nn(C)c(CC(=O)C2CSCCO2)c1Cl. The van der Waals surface area contributed by atoms with E-state index in [2.05, 4.69) is 5.10 Å². The zero-order valence-electron chi connectivity index (χ0n) is 9.90. The summed E-state index contributed by atoms with van der Waals surface area (Å²) in [6.45, 7) is 2.49. The Hall–Kier alpha value is -0.520. The maximum atomic E-state index is 12.0. The summed E-state index contributed by atoms with van der Waals surface area (Å²) in [5.41, 5.74) is 1.53. The van der Waals surface area contributed by atoms with Gasteiger partial charge in [-0.2, -0.15) is 16.9 Å². The Morgan fingerprint density at radius 1 is 1.71 bits per heavy atom. The number of ether oxygens (including phenoxy) is 1. The minimum atomic E-state index is -0.292. The van der Waals surface area contributed by atoms with E-state index >= 15 is 0 Å². The summed E-state index contributed by atoms with van der Waals surface area (Å²) < 4.78 is 7.13. The van der Waals surface area contributed by atoms with E-state index < -0.39 is 0 Å². The van der Waals surface area contributed by atoms with Gasteiger partial charge in [-0.25, -0.2) is 0 Å². The molecule has 0 aromatic carbocycles. The highest BCUT2D eigenvalue weighted by Crippen LogP contribution is 2.22. The van der Waals surface area contributed by atoms with Crippen LogP contribution in [0.1, 0.15) is 11.4 Å². The molecule has 0 saturated carbocycles. The van der Waals surface area contributed by atoms with Gasteiger partial charge in [0.1, 0.15) is 6.10 Å². The van der Waals surface area contributed by atoms with E-state index in [1.165, 1.54) is 0 Å². The third-order valence-corrected chi connectivity index (χ3v) is 4.26. The molecular weight excluding hydrogens is 260 g/mol. The molecule has 0 aliphatic carbocycles.